The van der Waals surface area contributed by atoms with Gasteiger partial charge in [0, 0.05) is 5.70 Å². The molecule has 1 N–H and O–H groups in total. The molecule has 0 saturated heterocycles. The van der Waals surface area contributed by atoms with Crippen LogP contribution in [0.2, 0.25) is 0 Å². The molecular weight excluding hydrogens is 372 g/mol. The molecule has 0 aliphatic heterocycles. The smallest absolute Gasteiger partial charge is 0.132 e. The van der Waals surface area contributed by atoms with Crippen LogP contribution in [0.4, 0.5) is 0 Å². The number of carbonyl (C=O) groups is 1. The first-order valence-electron chi connectivity index (χ1n) is 11.5. The quantitative estimate of drug-likeness (QED) is 0.569. The molecule has 4 heteroatoms. The van der Waals surface area contributed by atoms with Gasteiger partial charge < -0.3 is 14.5 Å². The van der Waals surface area contributed by atoms with Crippen molar-refractivity contribution in [1.82, 2.24) is 9.55 Å². The standard InChI is InChI=1S/C26H30N2O2/c1-25-12-10-18(30)14-17(25)6-7-19-20(25)11-13-26(15-29)21(19)8-9-24(26)28-16-27-22-4-2-3-5-23(22)28/h2-6,9,15-16,18-21,30H,7-8,10-14H2,1H3/t18-,19?,20?,21?,25-,26+/m0/s1. The zero-order valence-corrected chi connectivity index (χ0v) is 17.6. The SMILES string of the molecule is C[C@]12CC[C@H](O)CC1=CCC1C2CC[C@]2(C=O)C(n3cnc4ccccc43)=CCC12. The number of hydrogen-bond donors (Lipinski definition) is 1. The molecular formula is C26H30N2O2. The number of nitrogens with zero attached hydrogens (tertiary/aromatic N) is 2. The molecule has 30 heavy (non-hydrogen) atoms. The van der Waals surface area contributed by atoms with Gasteiger partial charge in [-0.05, 0) is 80.2 Å². The van der Waals surface area contributed by atoms with E-state index < -0.39 is 5.41 Å². The third kappa shape index (κ3) is 2.31. The molecule has 0 amide bonds. The highest BCUT2D eigenvalue weighted by molar-refractivity contribution is 5.86. The Kier molecular flexibility index (Phi) is 3.96. The summed E-state index contributed by atoms with van der Waals surface area (Å²) >= 11 is 0. The normalized spacial score (nSPS) is 40.2. The van der Waals surface area contributed by atoms with Crippen LogP contribution in [-0.4, -0.2) is 27.0 Å². The van der Waals surface area contributed by atoms with Crippen molar-refractivity contribution in [3.63, 3.8) is 0 Å². The summed E-state index contributed by atoms with van der Waals surface area (Å²) in [6.45, 7) is 2.43. The molecule has 3 unspecified atom stereocenters. The largest absolute Gasteiger partial charge is 0.393 e. The highest BCUT2D eigenvalue weighted by Crippen LogP contribution is 2.65. The third-order valence-corrected chi connectivity index (χ3v) is 9.17. The lowest BCUT2D eigenvalue weighted by Crippen LogP contribution is -2.51. The number of aliphatic hydroxyl groups excluding tert-OH is 1. The topological polar surface area (TPSA) is 55.1 Å². The van der Waals surface area contributed by atoms with Crippen molar-refractivity contribution in [2.45, 2.75) is 58.0 Å². The summed E-state index contributed by atoms with van der Waals surface area (Å²) in [5.74, 6) is 1.53. The van der Waals surface area contributed by atoms with Crippen LogP contribution in [0.3, 0.4) is 0 Å². The Morgan fingerprint density at radius 3 is 2.87 bits per heavy atom. The van der Waals surface area contributed by atoms with E-state index in [9.17, 15) is 9.90 Å². The van der Waals surface area contributed by atoms with Crippen LogP contribution in [0, 0.1) is 28.6 Å². The van der Waals surface area contributed by atoms with Gasteiger partial charge in [0.05, 0.1) is 22.6 Å². The van der Waals surface area contributed by atoms with Gasteiger partial charge >= 0.3 is 0 Å². The van der Waals surface area contributed by atoms with Crippen molar-refractivity contribution in [3.05, 3.63) is 48.3 Å². The van der Waals surface area contributed by atoms with Crippen LogP contribution < -0.4 is 0 Å². The molecule has 0 spiro atoms. The van der Waals surface area contributed by atoms with E-state index in [0.29, 0.717) is 17.8 Å². The van der Waals surface area contributed by atoms with Gasteiger partial charge in [0.25, 0.3) is 0 Å². The summed E-state index contributed by atoms with van der Waals surface area (Å²) in [5, 5.41) is 10.2. The highest BCUT2D eigenvalue weighted by atomic mass is 16.3. The molecule has 1 aromatic carbocycles. The lowest BCUT2D eigenvalue weighted by Gasteiger charge is -2.57. The Bertz CT molecular complexity index is 1080. The Labute approximate surface area is 177 Å². The Balaban J connectivity index is 1.40. The molecule has 2 saturated carbocycles. The summed E-state index contributed by atoms with van der Waals surface area (Å²) in [6, 6.07) is 8.20. The molecule has 4 aliphatic carbocycles. The van der Waals surface area contributed by atoms with E-state index >= 15 is 0 Å². The first-order valence-corrected chi connectivity index (χ1v) is 11.5. The van der Waals surface area contributed by atoms with Crippen LogP contribution in [0.1, 0.15) is 51.9 Å². The van der Waals surface area contributed by atoms with E-state index in [4.69, 9.17) is 0 Å². The first-order chi connectivity index (χ1) is 14.6. The first kappa shape index (κ1) is 18.6. The molecule has 0 radical (unpaired) electrons. The fraction of sp³-hybridized carbons (Fsp3) is 0.538. The number of aromatic nitrogens is 2. The number of imidazole rings is 1. The number of allylic oxidation sites excluding steroid dienone is 3. The number of carbonyl (C=O) groups excluding carboxylic acids is 1. The minimum Gasteiger partial charge on any atom is -0.393 e. The summed E-state index contributed by atoms with van der Waals surface area (Å²) in [7, 11) is 0. The van der Waals surface area contributed by atoms with Crippen LogP contribution in [0.15, 0.2) is 48.3 Å². The molecule has 1 heterocycles. The van der Waals surface area contributed by atoms with Crippen molar-refractivity contribution in [1.29, 1.82) is 0 Å². The Morgan fingerprint density at radius 2 is 2.00 bits per heavy atom. The number of fused-ring (bicyclic) bond motifs is 6. The Morgan fingerprint density at radius 1 is 1.13 bits per heavy atom. The van der Waals surface area contributed by atoms with Gasteiger partial charge in [0.15, 0.2) is 0 Å². The molecule has 6 atom stereocenters. The maximum atomic E-state index is 12.8. The van der Waals surface area contributed by atoms with Crippen molar-refractivity contribution in [2.75, 3.05) is 0 Å². The average molecular weight is 403 g/mol. The molecule has 2 fully saturated rings. The third-order valence-electron chi connectivity index (χ3n) is 9.17. The Hall–Kier alpha value is -2.20. The zero-order valence-electron chi connectivity index (χ0n) is 17.6. The number of aldehydes is 1. The van der Waals surface area contributed by atoms with Gasteiger partial charge in [-0.25, -0.2) is 4.98 Å². The van der Waals surface area contributed by atoms with E-state index in [1.807, 2.05) is 24.5 Å². The highest BCUT2D eigenvalue weighted by Gasteiger charge is 2.59. The van der Waals surface area contributed by atoms with Gasteiger partial charge in [-0.3, -0.25) is 0 Å². The molecule has 156 valence electrons. The van der Waals surface area contributed by atoms with Crippen molar-refractivity contribution in [2.24, 2.45) is 28.6 Å². The fourth-order valence-electron chi connectivity index (χ4n) is 7.62. The molecule has 4 nitrogen and oxygen atoms in total. The van der Waals surface area contributed by atoms with Crippen LogP contribution >= 0.6 is 0 Å². The zero-order chi connectivity index (χ0) is 20.5. The predicted octanol–water partition coefficient (Wildman–Crippen LogP) is 4.99. The predicted molar refractivity (Wildman–Crippen MR) is 117 cm³/mol. The number of rotatable bonds is 2. The van der Waals surface area contributed by atoms with E-state index in [0.717, 1.165) is 61.7 Å². The molecule has 2 aromatic rings. The van der Waals surface area contributed by atoms with Crippen molar-refractivity contribution >= 4 is 23.0 Å². The molecule has 0 bridgehead atoms. The average Bonchev–Trinajstić information content (AvgIpc) is 3.35. The number of benzene rings is 1. The van der Waals surface area contributed by atoms with Gasteiger partial charge in [0.1, 0.15) is 12.6 Å². The van der Waals surface area contributed by atoms with Crippen LogP contribution in [0.5, 0.6) is 0 Å². The number of para-hydroxylation sites is 2. The van der Waals surface area contributed by atoms with Crippen molar-refractivity contribution < 1.29 is 9.90 Å². The molecule has 6 rings (SSSR count). The fourth-order valence-corrected chi connectivity index (χ4v) is 7.62. The molecule has 1 aromatic heterocycles. The van der Waals surface area contributed by atoms with Crippen molar-refractivity contribution in [3.8, 4) is 0 Å². The maximum Gasteiger partial charge on any atom is 0.132 e. The van der Waals surface area contributed by atoms with E-state index in [1.54, 1.807) is 0 Å². The minimum atomic E-state index is -0.402. The summed E-state index contributed by atoms with van der Waals surface area (Å²) in [4.78, 5) is 17.4. The number of aliphatic hydroxyl groups is 1. The summed E-state index contributed by atoms with van der Waals surface area (Å²) in [6.07, 6.45) is 14.6. The lowest BCUT2D eigenvalue weighted by molar-refractivity contribution is -0.122. The van der Waals surface area contributed by atoms with Gasteiger partial charge in [-0.15, -0.1) is 0 Å². The van der Waals surface area contributed by atoms with Gasteiger partial charge in [0.2, 0.25) is 0 Å². The summed E-state index contributed by atoms with van der Waals surface area (Å²) < 4.78 is 2.17. The van der Waals surface area contributed by atoms with Crippen LogP contribution in [-0.2, 0) is 4.79 Å². The van der Waals surface area contributed by atoms with E-state index in [-0.39, 0.29) is 11.5 Å². The minimum absolute atomic E-state index is 0.173. The lowest BCUT2D eigenvalue weighted by atomic mass is 9.47. The second kappa shape index (κ2) is 6.40. The second-order valence-corrected chi connectivity index (χ2v) is 10.3. The second-order valence-electron chi connectivity index (χ2n) is 10.3. The van der Waals surface area contributed by atoms with Crippen LogP contribution in [0.25, 0.3) is 16.7 Å². The summed E-state index contributed by atoms with van der Waals surface area (Å²) in [5.41, 5.74) is 4.49. The monoisotopic (exact) mass is 402 g/mol. The maximum absolute atomic E-state index is 12.8. The number of hydrogen-bond acceptors (Lipinski definition) is 3. The van der Waals surface area contributed by atoms with Gasteiger partial charge in [-0.1, -0.05) is 36.8 Å². The van der Waals surface area contributed by atoms with Gasteiger partial charge in [-0.2, -0.15) is 0 Å². The molecule has 4 aliphatic rings. The van der Waals surface area contributed by atoms with E-state index in [2.05, 4.69) is 34.7 Å². The van der Waals surface area contributed by atoms with E-state index in [1.165, 1.54) is 11.9 Å².